The zero-order chi connectivity index (χ0) is 31.2. The molecule has 228 valence electrons. The maximum Gasteiger partial charge on any atom is 0.309 e. The molecule has 0 aliphatic heterocycles. The number of hydrogen-bond acceptors (Lipinski definition) is 11. The number of aromatic hydroxyl groups is 1. The number of aliphatic hydroxyl groups is 2. The standard InChI is InChI=1S/C31H40N2O9/c1-12-14-10-11-15(30(2,3)4)22(34)17(14)23(35)18-16(12)25(42-29(40)13-8-7-9-13)20-21(33(5)6)24(36)19(28(32)39)27(38)31(20,41)26(18)37/h10-13,16,18-21,25,28,34,39,41H,7-9,32H2,1-6H3/t12-,16+,18?,19?,20+,21-,25-,28?,31-/m0/s1. The van der Waals surface area contributed by atoms with Gasteiger partial charge in [-0.15, -0.1) is 0 Å². The monoisotopic (exact) mass is 584 g/mol. The molecule has 11 nitrogen and oxygen atoms in total. The fourth-order valence-corrected chi connectivity index (χ4v) is 7.67. The molecule has 1 aromatic rings. The number of ketones is 4. The Hall–Kier alpha value is -2.99. The van der Waals surface area contributed by atoms with Crippen LogP contribution in [-0.4, -0.2) is 87.4 Å². The number of esters is 1. The largest absolute Gasteiger partial charge is 0.507 e. The Morgan fingerprint density at radius 3 is 2.24 bits per heavy atom. The molecular formula is C31H40N2O9. The number of hydrogen-bond donors (Lipinski definition) is 4. The third-order valence-electron chi connectivity index (χ3n) is 10.1. The van der Waals surface area contributed by atoms with Crippen molar-refractivity contribution >= 4 is 29.1 Å². The van der Waals surface area contributed by atoms with E-state index in [1.807, 2.05) is 20.8 Å². The van der Waals surface area contributed by atoms with Crippen LogP contribution in [0.2, 0.25) is 0 Å². The molecule has 4 aliphatic rings. The van der Waals surface area contributed by atoms with Crippen LogP contribution in [0.25, 0.3) is 0 Å². The molecule has 0 saturated heterocycles. The van der Waals surface area contributed by atoms with Crippen LogP contribution in [0.1, 0.15) is 74.4 Å². The number of rotatable bonds is 4. The maximum absolute atomic E-state index is 14.4. The van der Waals surface area contributed by atoms with Crippen LogP contribution in [0.5, 0.6) is 5.75 Å². The molecule has 3 fully saturated rings. The van der Waals surface area contributed by atoms with Gasteiger partial charge >= 0.3 is 5.97 Å². The molecule has 3 saturated carbocycles. The second-order valence-corrected chi connectivity index (χ2v) is 13.7. The van der Waals surface area contributed by atoms with Crippen molar-refractivity contribution in [1.29, 1.82) is 0 Å². The van der Waals surface area contributed by atoms with Crippen molar-refractivity contribution in [1.82, 2.24) is 4.90 Å². The van der Waals surface area contributed by atoms with E-state index in [2.05, 4.69) is 0 Å². The second kappa shape index (κ2) is 10.0. The minimum Gasteiger partial charge on any atom is -0.507 e. The molecule has 5 rings (SSSR count). The molecule has 3 unspecified atom stereocenters. The maximum atomic E-state index is 14.4. The van der Waals surface area contributed by atoms with Gasteiger partial charge in [0.05, 0.1) is 29.4 Å². The Morgan fingerprint density at radius 1 is 1.12 bits per heavy atom. The fourth-order valence-electron chi connectivity index (χ4n) is 7.67. The molecule has 42 heavy (non-hydrogen) atoms. The number of nitrogens with two attached hydrogens (primary N) is 1. The van der Waals surface area contributed by atoms with Crippen molar-refractivity contribution in [3.8, 4) is 5.75 Å². The topological polar surface area (TPSA) is 185 Å². The molecule has 4 aliphatic carbocycles. The predicted octanol–water partition coefficient (Wildman–Crippen LogP) is 0.839. The molecule has 9 atom stereocenters. The second-order valence-electron chi connectivity index (χ2n) is 13.7. The quantitative estimate of drug-likeness (QED) is 0.223. The van der Waals surface area contributed by atoms with E-state index in [-0.39, 0.29) is 11.3 Å². The summed E-state index contributed by atoms with van der Waals surface area (Å²) in [7, 11) is 3.02. The molecule has 0 aromatic heterocycles. The Morgan fingerprint density at radius 2 is 1.74 bits per heavy atom. The number of carbonyl (C=O) groups excluding carboxylic acids is 5. The normalized spacial score (nSPS) is 35.7. The van der Waals surface area contributed by atoms with Crippen molar-refractivity contribution in [2.24, 2.45) is 35.3 Å². The predicted molar refractivity (Wildman–Crippen MR) is 148 cm³/mol. The lowest BCUT2D eigenvalue weighted by Gasteiger charge is -2.57. The van der Waals surface area contributed by atoms with Gasteiger partial charge in [-0.1, -0.05) is 46.2 Å². The SMILES string of the molecule is C[C@H]1c2ccc(C(C)(C)C)c(O)c2C(=O)C2C(=O)[C@]3(O)C(=O)C(C(N)O)C(=O)[C@@H](N(C)C)[C@@H]3[C@@H](OC(=O)C3CCC3)[C@@H]21. The van der Waals surface area contributed by atoms with Gasteiger partial charge in [0, 0.05) is 5.92 Å². The first kappa shape index (κ1) is 30.5. The van der Waals surface area contributed by atoms with Crippen molar-refractivity contribution in [3.63, 3.8) is 0 Å². The molecule has 0 amide bonds. The number of aliphatic hydroxyl groups excluding tert-OH is 1. The van der Waals surface area contributed by atoms with Crippen LogP contribution in [0.4, 0.5) is 0 Å². The summed E-state index contributed by atoms with van der Waals surface area (Å²) in [5, 5.41) is 33.7. The van der Waals surface area contributed by atoms with E-state index < -0.39 is 94.0 Å². The highest BCUT2D eigenvalue weighted by molar-refractivity contribution is 6.27. The van der Waals surface area contributed by atoms with Crippen molar-refractivity contribution in [3.05, 3.63) is 28.8 Å². The highest BCUT2D eigenvalue weighted by Crippen LogP contribution is 2.56. The lowest BCUT2D eigenvalue weighted by molar-refractivity contribution is -0.210. The van der Waals surface area contributed by atoms with E-state index in [1.165, 1.54) is 19.0 Å². The molecular weight excluding hydrogens is 544 g/mol. The summed E-state index contributed by atoms with van der Waals surface area (Å²) in [5.74, 6) is -12.2. The van der Waals surface area contributed by atoms with Crippen molar-refractivity contribution in [2.45, 2.75) is 82.3 Å². The van der Waals surface area contributed by atoms with Crippen LogP contribution < -0.4 is 5.73 Å². The van der Waals surface area contributed by atoms with E-state index in [0.717, 1.165) is 6.42 Å². The van der Waals surface area contributed by atoms with Gasteiger partial charge in [-0.25, -0.2) is 0 Å². The number of phenolic OH excluding ortho intramolecular Hbond substituents is 1. The van der Waals surface area contributed by atoms with E-state index in [4.69, 9.17) is 10.5 Å². The number of fused-ring (bicyclic) bond motifs is 3. The van der Waals surface area contributed by atoms with Crippen LogP contribution in [0.15, 0.2) is 12.1 Å². The summed E-state index contributed by atoms with van der Waals surface area (Å²) >= 11 is 0. The number of ether oxygens (including phenoxy) is 1. The first-order valence-corrected chi connectivity index (χ1v) is 14.5. The van der Waals surface area contributed by atoms with Gasteiger partial charge in [0.25, 0.3) is 0 Å². The van der Waals surface area contributed by atoms with Gasteiger partial charge in [-0.2, -0.15) is 0 Å². The van der Waals surface area contributed by atoms with Crippen molar-refractivity contribution in [2.75, 3.05) is 14.1 Å². The highest BCUT2D eigenvalue weighted by atomic mass is 16.5. The lowest BCUT2D eigenvalue weighted by Crippen LogP contribution is -2.78. The number of benzene rings is 1. The van der Waals surface area contributed by atoms with Gasteiger partial charge in [0.2, 0.25) is 0 Å². The van der Waals surface area contributed by atoms with Crippen LogP contribution >= 0.6 is 0 Å². The minimum atomic E-state index is -2.97. The van der Waals surface area contributed by atoms with Gasteiger partial charge in [0.15, 0.2) is 28.7 Å². The molecule has 5 N–H and O–H groups in total. The molecule has 1 aromatic carbocycles. The summed E-state index contributed by atoms with van der Waals surface area (Å²) in [6.45, 7) is 7.33. The number of phenols is 1. The number of nitrogens with zero attached hydrogens (tertiary/aromatic N) is 1. The first-order valence-electron chi connectivity index (χ1n) is 14.5. The fraction of sp³-hybridized carbons (Fsp3) is 0.645. The van der Waals surface area contributed by atoms with E-state index in [0.29, 0.717) is 24.0 Å². The van der Waals surface area contributed by atoms with Gasteiger partial charge in [0.1, 0.15) is 24.0 Å². The number of likely N-dealkylation sites (N-methyl/N-ethyl adjacent to an activating group) is 1. The summed E-state index contributed by atoms with van der Waals surface area (Å²) in [5.41, 5.74) is 2.95. The Balaban J connectivity index is 1.76. The van der Waals surface area contributed by atoms with E-state index >= 15 is 0 Å². The van der Waals surface area contributed by atoms with E-state index in [1.54, 1.807) is 19.1 Å². The Bertz CT molecular complexity index is 1370. The highest BCUT2D eigenvalue weighted by Gasteiger charge is 2.74. The molecule has 0 bridgehead atoms. The third-order valence-corrected chi connectivity index (χ3v) is 10.1. The van der Waals surface area contributed by atoms with Crippen LogP contribution in [0.3, 0.4) is 0 Å². The van der Waals surface area contributed by atoms with Gasteiger partial charge in [-0.05, 0) is 49.4 Å². The molecule has 0 heterocycles. The number of carbonyl (C=O) groups is 5. The van der Waals surface area contributed by atoms with Crippen molar-refractivity contribution < 1.29 is 44.0 Å². The first-order chi connectivity index (χ1) is 19.5. The Kier molecular flexibility index (Phi) is 7.28. The summed E-state index contributed by atoms with van der Waals surface area (Å²) in [4.78, 5) is 70.9. The minimum absolute atomic E-state index is 0.0745. The molecule has 0 radical (unpaired) electrons. The van der Waals surface area contributed by atoms with Crippen LogP contribution in [0, 0.1) is 29.6 Å². The zero-order valence-corrected chi connectivity index (χ0v) is 24.8. The van der Waals surface area contributed by atoms with Gasteiger partial charge in [-0.3, -0.25) is 28.9 Å². The average molecular weight is 585 g/mol. The molecule has 11 heteroatoms. The third kappa shape index (κ3) is 4.11. The molecule has 0 spiro atoms. The number of Topliss-reactive ketones (excluding diaryl/α,β-unsaturated/α-hetero) is 4. The summed E-state index contributed by atoms with van der Waals surface area (Å²) in [6.07, 6.45) is -1.40. The average Bonchev–Trinajstić information content (AvgIpc) is 2.83. The van der Waals surface area contributed by atoms with E-state index in [9.17, 15) is 39.3 Å². The van der Waals surface area contributed by atoms with Gasteiger partial charge < -0.3 is 25.8 Å². The smallest absolute Gasteiger partial charge is 0.309 e. The summed E-state index contributed by atoms with van der Waals surface area (Å²) < 4.78 is 6.07. The lowest BCUT2D eigenvalue weighted by atomic mass is 9.49. The summed E-state index contributed by atoms with van der Waals surface area (Å²) in [6, 6.07) is 2.09. The Labute approximate surface area is 244 Å². The zero-order valence-electron chi connectivity index (χ0n) is 24.8. The van der Waals surface area contributed by atoms with Crippen LogP contribution in [-0.2, 0) is 29.3 Å².